The molecule has 0 saturated carbocycles. The minimum Gasteiger partial charge on any atom is -0.462 e. The fraction of sp³-hybridized carbons (Fsp3) is 0.552. The lowest BCUT2D eigenvalue weighted by Crippen LogP contribution is -2.39. The zero-order chi connectivity index (χ0) is 26.5. The monoisotopic (exact) mass is 508 g/mol. The van der Waals surface area contributed by atoms with Crippen molar-refractivity contribution in [1.29, 1.82) is 0 Å². The lowest BCUT2D eigenvalue weighted by molar-refractivity contribution is -0.150. The van der Waals surface area contributed by atoms with Crippen LogP contribution in [0.25, 0.3) is 22.4 Å². The summed E-state index contributed by atoms with van der Waals surface area (Å²) in [6.07, 6.45) is 5.29. The molecule has 4 rings (SSSR count). The van der Waals surface area contributed by atoms with Crippen molar-refractivity contribution >= 4 is 17.0 Å². The molecule has 3 aromatic rings. The van der Waals surface area contributed by atoms with Crippen LogP contribution in [0.15, 0.2) is 35.3 Å². The topological polar surface area (TPSA) is 87.4 Å². The Kier molecular flexibility index (Phi) is 8.82. The number of esters is 1. The summed E-state index contributed by atoms with van der Waals surface area (Å²) in [5.74, 6) is 1.22. The number of aromatic nitrogens is 3. The molecule has 1 aromatic carbocycles. The van der Waals surface area contributed by atoms with Gasteiger partial charge in [-0.3, -0.25) is 9.59 Å². The van der Waals surface area contributed by atoms with Crippen molar-refractivity contribution in [2.45, 2.75) is 72.1 Å². The Bertz CT molecular complexity index is 1260. The third-order valence-corrected chi connectivity index (χ3v) is 7.06. The van der Waals surface area contributed by atoms with Crippen LogP contribution in [0.5, 0.6) is 0 Å². The molecule has 1 saturated heterocycles. The van der Waals surface area contributed by atoms with Crippen molar-refractivity contribution in [3.8, 4) is 11.4 Å². The first-order chi connectivity index (χ1) is 17.8. The molecule has 37 heavy (non-hydrogen) atoms. The van der Waals surface area contributed by atoms with Crippen molar-refractivity contribution in [1.82, 2.24) is 19.4 Å². The fourth-order valence-electron chi connectivity index (χ4n) is 5.02. The van der Waals surface area contributed by atoms with E-state index in [1.165, 1.54) is 0 Å². The fourth-order valence-corrected chi connectivity index (χ4v) is 5.02. The van der Waals surface area contributed by atoms with Crippen LogP contribution in [0.4, 0.5) is 0 Å². The number of nitrogens with zero attached hydrogens (tertiary/aromatic N) is 3. The minimum absolute atomic E-state index is 0.00767. The van der Waals surface area contributed by atoms with E-state index < -0.39 is 0 Å². The van der Waals surface area contributed by atoms with Gasteiger partial charge in [-0.2, -0.15) is 0 Å². The molecule has 1 N–H and O–H groups in total. The van der Waals surface area contributed by atoms with Gasteiger partial charge in [0.2, 0.25) is 0 Å². The van der Waals surface area contributed by atoms with Crippen LogP contribution in [0, 0.1) is 12.8 Å². The van der Waals surface area contributed by atoms with Crippen molar-refractivity contribution in [3.05, 3.63) is 51.9 Å². The quantitative estimate of drug-likeness (QED) is 0.417. The number of carbonyl (C=O) groups is 1. The van der Waals surface area contributed by atoms with Crippen LogP contribution < -0.4 is 10.9 Å². The van der Waals surface area contributed by atoms with Crippen LogP contribution in [-0.2, 0) is 34.3 Å². The average molecular weight is 509 g/mol. The SMILES string of the molecule is CCC(NCCc1ccc2c(c1)nc(-c1cc(C)c(=O)n(C)c1)n2CC1CCOCC1)C(=O)OC(C)C. The third kappa shape index (κ3) is 6.48. The minimum atomic E-state index is -0.301. The van der Waals surface area contributed by atoms with Gasteiger partial charge in [-0.15, -0.1) is 0 Å². The number of benzene rings is 1. The number of imidazole rings is 1. The second-order valence-electron chi connectivity index (χ2n) is 10.4. The molecule has 0 radical (unpaired) electrons. The summed E-state index contributed by atoms with van der Waals surface area (Å²) in [4.78, 5) is 29.7. The Morgan fingerprint density at radius 3 is 2.68 bits per heavy atom. The van der Waals surface area contributed by atoms with Crippen LogP contribution in [0.3, 0.4) is 0 Å². The number of pyridine rings is 1. The van der Waals surface area contributed by atoms with Crippen molar-refractivity contribution in [2.24, 2.45) is 13.0 Å². The smallest absolute Gasteiger partial charge is 0.323 e. The van der Waals surface area contributed by atoms with E-state index in [2.05, 4.69) is 28.1 Å². The molecule has 1 atom stereocenters. The summed E-state index contributed by atoms with van der Waals surface area (Å²) in [6, 6.07) is 8.08. The van der Waals surface area contributed by atoms with Gasteiger partial charge < -0.3 is 23.9 Å². The molecular weight excluding hydrogens is 468 g/mol. The number of fused-ring (bicyclic) bond motifs is 1. The number of carbonyl (C=O) groups excluding carboxylic acids is 1. The van der Waals surface area contributed by atoms with E-state index in [9.17, 15) is 9.59 Å². The highest BCUT2D eigenvalue weighted by Crippen LogP contribution is 2.29. The summed E-state index contributed by atoms with van der Waals surface area (Å²) in [6.45, 7) is 10.7. The standard InChI is InChI=1S/C29H40N4O4/c1-6-24(29(35)37-19(2)3)30-12-9-21-7-8-26-25(16-21)31-27(23-15-20(4)28(34)32(5)18-23)33(26)17-22-10-13-36-14-11-22/h7-8,15-16,18-19,22,24,30H,6,9-14,17H2,1-5H3. The number of rotatable bonds is 10. The van der Waals surface area contributed by atoms with Gasteiger partial charge in [0, 0.05) is 44.1 Å². The lowest BCUT2D eigenvalue weighted by Gasteiger charge is -2.23. The summed E-state index contributed by atoms with van der Waals surface area (Å²) < 4.78 is 14.9. The molecule has 2 aromatic heterocycles. The number of ether oxygens (including phenoxy) is 2. The molecule has 0 spiro atoms. The second-order valence-corrected chi connectivity index (χ2v) is 10.4. The van der Waals surface area contributed by atoms with Crippen molar-refractivity contribution in [3.63, 3.8) is 0 Å². The summed E-state index contributed by atoms with van der Waals surface area (Å²) >= 11 is 0. The van der Waals surface area contributed by atoms with E-state index in [0.717, 1.165) is 67.0 Å². The lowest BCUT2D eigenvalue weighted by atomic mass is 10.00. The molecule has 0 bridgehead atoms. The Balaban J connectivity index is 1.60. The van der Waals surface area contributed by atoms with Crippen LogP contribution in [0.2, 0.25) is 0 Å². The average Bonchev–Trinajstić information content (AvgIpc) is 3.22. The van der Waals surface area contributed by atoms with Gasteiger partial charge >= 0.3 is 5.97 Å². The second kappa shape index (κ2) is 12.0. The Morgan fingerprint density at radius 2 is 2.00 bits per heavy atom. The highest BCUT2D eigenvalue weighted by Gasteiger charge is 2.21. The van der Waals surface area contributed by atoms with Crippen molar-refractivity contribution in [2.75, 3.05) is 19.8 Å². The van der Waals surface area contributed by atoms with Gasteiger partial charge in [0.25, 0.3) is 5.56 Å². The maximum absolute atomic E-state index is 12.3. The highest BCUT2D eigenvalue weighted by molar-refractivity contribution is 5.81. The largest absolute Gasteiger partial charge is 0.462 e. The molecule has 0 aliphatic carbocycles. The molecule has 0 amide bonds. The molecule has 8 heteroatoms. The summed E-state index contributed by atoms with van der Waals surface area (Å²) in [5.41, 5.74) is 4.85. The van der Waals surface area contributed by atoms with Gasteiger partial charge in [0.05, 0.1) is 17.1 Å². The zero-order valence-corrected chi connectivity index (χ0v) is 22.8. The van der Waals surface area contributed by atoms with Crippen LogP contribution >= 0.6 is 0 Å². The maximum atomic E-state index is 12.3. The van der Waals surface area contributed by atoms with E-state index in [4.69, 9.17) is 14.5 Å². The first kappa shape index (κ1) is 27.1. The van der Waals surface area contributed by atoms with Crippen LogP contribution in [0.1, 0.15) is 51.2 Å². The zero-order valence-electron chi connectivity index (χ0n) is 22.8. The van der Waals surface area contributed by atoms with E-state index in [0.29, 0.717) is 24.4 Å². The predicted octanol–water partition coefficient (Wildman–Crippen LogP) is 4.00. The molecule has 1 fully saturated rings. The van der Waals surface area contributed by atoms with E-state index in [1.54, 1.807) is 11.6 Å². The first-order valence-corrected chi connectivity index (χ1v) is 13.4. The summed E-state index contributed by atoms with van der Waals surface area (Å²) in [7, 11) is 1.79. The molecule has 1 aliphatic heterocycles. The van der Waals surface area contributed by atoms with Crippen LogP contribution in [-0.4, -0.2) is 52.0 Å². The first-order valence-electron chi connectivity index (χ1n) is 13.4. The summed E-state index contributed by atoms with van der Waals surface area (Å²) in [5, 5.41) is 3.34. The van der Waals surface area contributed by atoms with E-state index in [1.807, 2.05) is 40.0 Å². The highest BCUT2D eigenvalue weighted by atomic mass is 16.5. The van der Waals surface area contributed by atoms with Gasteiger partial charge in [-0.25, -0.2) is 4.98 Å². The van der Waals surface area contributed by atoms with E-state index >= 15 is 0 Å². The number of hydrogen-bond donors (Lipinski definition) is 1. The Hall–Kier alpha value is -2.97. The third-order valence-electron chi connectivity index (χ3n) is 7.06. The molecule has 200 valence electrons. The molecule has 3 heterocycles. The van der Waals surface area contributed by atoms with Gasteiger partial charge in [0.15, 0.2) is 0 Å². The van der Waals surface area contributed by atoms with Gasteiger partial charge in [0.1, 0.15) is 11.9 Å². The molecule has 1 aliphatic rings. The number of nitrogens with one attached hydrogen (secondary N) is 1. The number of aryl methyl sites for hydroxylation is 2. The molecule has 8 nitrogen and oxygen atoms in total. The van der Waals surface area contributed by atoms with Gasteiger partial charge in [-0.1, -0.05) is 13.0 Å². The maximum Gasteiger partial charge on any atom is 0.323 e. The predicted molar refractivity (Wildman–Crippen MR) is 146 cm³/mol. The Labute approximate surface area is 219 Å². The normalized spacial score (nSPS) is 15.4. The Morgan fingerprint density at radius 1 is 1.24 bits per heavy atom. The van der Waals surface area contributed by atoms with Gasteiger partial charge in [-0.05, 0) is 82.7 Å². The molecular formula is C29H40N4O4. The van der Waals surface area contributed by atoms with E-state index in [-0.39, 0.29) is 23.7 Å². The van der Waals surface area contributed by atoms with Crippen molar-refractivity contribution < 1.29 is 14.3 Å². The number of hydrogen-bond acceptors (Lipinski definition) is 6. The molecule has 1 unspecified atom stereocenters.